The number of furan rings is 1. The summed E-state index contributed by atoms with van der Waals surface area (Å²) in [4.78, 5) is 23.0. The second-order valence-corrected chi connectivity index (χ2v) is 4.90. The maximum atomic E-state index is 12.1. The van der Waals surface area contributed by atoms with Crippen molar-refractivity contribution in [1.82, 2.24) is 4.57 Å². The molecule has 112 valence electrons. The van der Waals surface area contributed by atoms with Gasteiger partial charge >= 0.3 is 5.97 Å². The Labute approximate surface area is 122 Å². The lowest BCUT2D eigenvalue weighted by Gasteiger charge is -2.10. The summed E-state index contributed by atoms with van der Waals surface area (Å²) in [5.41, 5.74) is 7.18. The molecule has 1 amide bonds. The highest BCUT2D eigenvalue weighted by Crippen LogP contribution is 2.18. The Balaban J connectivity index is 2.22. The van der Waals surface area contributed by atoms with Crippen molar-refractivity contribution in [2.75, 3.05) is 0 Å². The summed E-state index contributed by atoms with van der Waals surface area (Å²) >= 11 is 0. The van der Waals surface area contributed by atoms with Crippen LogP contribution in [-0.2, 0) is 16.1 Å². The van der Waals surface area contributed by atoms with Gasteiger partial charge in [0.05, 0.1) is 18.4 Å². The van der Waals surface area contributed by atoms with E-state index in [1.54, 1.807) is 12.3 Å². The number of nitrogens with two attached hydrogens (primary N) is 1. The van der Waals surface area contributed by atoms with Gasteiger partial charge in [0.25, 0.3) is 5.91 Å². The van der Waals surface area contributed by atoms with Crippen LogP contribution in [0, 0.1) is 13.8 Å². The minimum Gasteiger partial charge on any atom is -0.467 e. The molecule has 2 aromatic heterocycles. The van der Waals surface area contributed by atoms with Gasteiger partial charge in [0, 0.05) is 11.4 Å². The van der Waals surface area contributed by atoms with E-state index < -0.39 is 18.0 Å². The van der Waals surface area contributed by atoms with Crippen molar-refractivity contribution in [2.45, 2.75) is 33.4 Å². The quantitative estimate of drug-likeness (QED) is 0.850. The zero-order valence-corrected chi connectivity index (χ0v) is 12.3. The minimum atomic E-state index is -0.953. The van der Waals surface area contributed by atoms with Crippen LogP contribution in [0.1, 0.15) is 34.4 Å². The fraction of sp³-hybridized carbons (Fsp3) is 0.333. The van der Waals surface area contributed by atoms with E-state index in [0.717, 1.165) is 17.1 Å². The van der Waals surface area contributed by atoms with Gasteiger partial charge in [-0.15, -0.1) is 0 Å². The number of esters is 1. The molecule has 0 spiro atoms. The first-order valence-electron chi connectivity index (χ1n) is 6.59. The second-order valence-electron chi connectivity index (χ2n) is 4.90. The Hall–Kier alpha value is -2.50. The lowest BCUT2D eigenvalue weighted by Crippen LogP contribution is -2.30. The molecule has 0 radical (unpaired) electrons. The molecule has 6 nitrogen and oxygen atoms in total. The fourth-order valence-corrected chi connectivity index (χ4v) is 2.09. The lowest BCUT2D eigenvalue weighted by molar-refractivity contribution is -0.125. The number of hydrogen-bond acceptors (Lipinski definition) is 4. The van der Waals surface area contributed by atoms with Crippen molar-refractivity contribution in [3.63, 3.8) is 0 Å². The summed E-state index contributed by atoms with van der Waals surface area (Å²) in [7, 11) is 0. The van der Waals surface area contributed by atoms with E-state index in [2.05, 4.69) is 0 Å². The number of ether oxygens (including phenoxy) is 1. The van der Waals surface area contributed by atoms with Gasteiger partial charge in [0.15, 0.2) is 6.10 Å². The molecule has 21 heavy (non-hydrogen) atoms. The van der Waals surface area contributed by atoms with Crippen LogP contribution < -0.4 is 5.73 Å². The van der Waals surface area contributed by atoms with Crippen molar-refractivity contribution in [1.29, 1.82) is 0 Å². The molecule has 0 aromatic carbocycles. The summed E-state index contributed by atoms with van der Waals surface area (Å²) < 4.78 is 12.3. The highest BCUT2D eigenvalue weighted by Gasteiger charge is 2.21. The fourth-order valence-electron chi connectivity index (χ4n) is 2.09. The predicted molar refractivity (Wildman–Crippen MR) is 75.8 cm³/mol. The van der Waals surface area contributed by atoms with Crippen LogP contribution in [0.2, 0.25) is 0 Å². The maximum Gasteiger partial charge on any atom is 0.340 e. The van der Waals surface area contributed by atoms with Crippen LogP contribution in [0.3, 0.4) is 0 Å². The molecule has 0 aliphatic rings. The molecule has 2 N–H and O–H groups in total. The van der Waals surface area contributed by atoms with Crippen LogP contribution in [0.15, 0.2) is 28.9 Å². The Morgan fingerprint density at radius 3 is 2.71 bits per heavy atom. The number of hydrogen-bond donors (Lipinski definition) is 1. The summed E-state index contributed by atoms with van der Waals surface area (Å²) in [6.45, 7) is 5.69. The summed E-state index contributed by atoms with van der Waals surface area (Å²) in [5.74, 6) is -0.435. The van der Waals surface area contributed by atoms with Crippen LogP contribution in [0.4, 0.5) is 0 Å². The zero-order chi connectivity index (χ0) is 15.6. The Bertz CT molecular complexity index is 656. The van der Waals surface area contributed by atoms with Crippen LogP contribution in [0.5, 0.6) is 0 Å². The van der Waals surface area contributed by atoms with Gasteiger partial charge in [0.1, 0.15) is 5.76 Å². The van der Waals surface area contributed by atoms with Gasteiger partial charge in [-0.3, -0.25) is 4.79 Å². The van der Waals surface area contributed by atoms with E-state index in [0.29, 0.717) is 12.1 Å². The van der Waals surface area contributed by atoms with E-state index in [1.807, 2.05) is 30.5 Å². The molecule has 0 saturated carbocycles. The molecule has 0 fully saturated rings. The monoisotopic (exact) mass is 290 g/mol. The summed E-state index contributed by atoms with van der Waals surface area (Å²) in [6, 6.07) is 5.41. The molecule has 1 atom stereocenters. The third-order valence-electron chi connectivity index (χ3n) is 3.37. The Kier molecular flexibility index (Phi) is 4.16. The topological polar surface area (TPSA) is 87.5 Å². The largest absolute Gasteiger partial charge is 0.467 e. The second kappa shape index (κ2) is 5.87. The van der Waals surface area contributed by atoms with Crippen molar-refractivity contribution >= 4 is 11.9 Å². The minimum absolute atomic E-state index is 0.423. The van der Waals surface area contributed by atoms with Crippen LogP contribution >= 0.6 is 0 Å². The van der Waals surface area contributed by atoms with Crippen molar-refractivity contribution < 1.29 is 18.7 Å². The number of carbonyl (C=O) groups excluding carboxylic acids is 2. The molecule has 6 heteroatoms. The van der Waals surface area contributed by atoms with Gasteiger partial charge < -0.3 is 19.5 Å². The van der Waals surface area contributed by atoms with Crippen molar-refractivity contribution in [3.05, 3.63) is 47.2 Å². The number of rotatable bonds is 5. The van der Waals surface area contributed by atoms with Gasteiger partial charge in [-0.05, 0) is 39.0 Å². The number of aryl methyl sites for hydroxylation is 1. The van der Waals surface area contributed by atoms with Crippen LogP contribution in [-0.4, -0.2) is 22.5 Å². The van der Waals surface area contributed by atoms with E-state index in [4.69, 9.17) is 14.9 Å². The molecule has 0 saturated heterocycles. The third kappa shape index (κ3) is 3.16. The predicted octanol–water partition coefficient (Wildman–Crippen LogP) is 1.78. The van der Waals surface area contributed by atoms with E-state index in [1.165, 1.54) is 6.92 Å². The first kappa shape index (κ1) is 14.9. The average molecular weight is 290 g/mol. The highest BCUT2D eigenvalue weighted by atomic mass is 16.5. The molecule has 2 aromatic rings. The molecule has 0 bridgehead atoms. The maximum absolute atomic E-state index is 12.1. The number of carbonyl (C=O) groups is 2. The van der Waals surface area contributed by atoms with Gasteiger partial charge in [-0.1, -0.05) is 0 Å². The molecular weight excluding hydrogens is 272 g/mol. The number of aromatic nitrogens is 1. The van der Waals surface area contributed by atoms with E-state index >= 15 is 0 Å². The molecular formula is C15H18N2O4. The first-order chi connectivity index (χ1) is 9.90. The Morgan fingerprint density at radius 2 is 2.14 bits per heavy atom. The lowest BCUT2D eigenvalue weighted by atomic mass is 10.2. The molecule has 0 aliphatic carbocycles. The molecule has 0 aliphatic heterocycles. The highest BCUT2D eigenvalue weighted by molar-refractivity contribution is 5.93. The van der Waals surface area contributed by atoms with Crippen LogP contribution in [0.25, 0.3) is 0 Å². The number of amides is 1. The summed E-state index contributed by atoms with van der Waals surface area (Å²) in [6.07, 6.45) is 0.651. The van der Waals surface area contributed by atoms with Gasteiger partial charge in [0.2, 0.25) is 0 Å². The van der Waals surface area contributed by atoms with E-state index in [9.17, 15) is 9.59 Å². The molecule has 0 unspecified atom stereocenters. The zero-order valence-electron chi connectivity index (χ0n) is 12.3. The number of primary amides is 1. The SMILES string of the molecule is Cc1cc(C(=O)O[C@@H](C)C(N)=O)c(C)n1Cc1ccco1. The average Bonchev–Trinajstić information content (AvgIpc) is 3.02. The smallest absolute Gasteiger partial charge is 0.340 e. The van der Waals surface area contributed by atoms with Gasteiger partial charge in [-0.25, -0.2) is 4.79 Å². The standard InChI is InChI=1S/C15H18N2O4/c1-9-7-13(15(19)21-11(3)14(16)18)10(2)17(9)8-12-5-4-6-20-12/h4-7,11H,8H2,1-3H3,(H2,16,18)/t11-/m0/s1. The first-order valence-corrected chi connectivity index (χ1v) is 6.59. The number of nitrogens with zero attached hydrogens (tertiary/aromatic N) is 1. The Morgan fingerprint density at radius 1 is 1.43 bits per heavy atom. The van der Waals surface area contributed by atoms with Crippen molar-refractivity contribution in [3.8, 4) is 0 Å². The van der Waals surface area contributed by atoms with Gasteiger partial charge in [-0.2, -0.15) is 0 Å². The molecule has 2 rings (SSSR count). The molecule has 2 heterocycles. The van der Waals surface area contributed by atoms with E-state index in [-0.39, 0.29) is 0 Å². The third-order valence-corrected chi connectivity index (χ3v) is 3.37. The normalized spacial score (nSPS) is 12.1. The summed E-state index contributed by atoms with van der Waals surface area (Å²) in [5, 5.41) is 0. The van der Waals surface area contributed by atoms with Crippen molar-refractivity contribution in [2.24, 2.45) is 5.73 Å².